The quantitative estimate of drug-likeness (QED) is 0.349. The van der Waals surface area contributed by atoms with Crippen molar-refractivity contribution in [2.45, 2.75) is 102 Å². The van der Waals surface area contributed by atoms with E-state index in [1.807, 2.05) is 12.1 Å². The van der Waals surface area contributed by atoms with Crippen LogP contribution in [0, 0.1) is 29.1 Å². The number of benzene rings is 1. The largest absolute Gasteiger partial charge is 0.454 e. The molecule has 5 atom stereocenters. The molecule has 196 valence electrons. The lowest BCUT2D eigenvalue weighted by molar-refractivity contribution is -0.114. The molecule has 1 aromatic carbocycles. The van der Waals surface area contributed by atoms with Crippen LogP contribution in [0.25, 0.3) is 0 Å². The SMILES string of the molecule is CCCCCCC#C[C@@]1(O)CC[C@H]2[C@@H]3CCC4=CC(=O)CCC4=C3[C@@H](c3ccc4c(c3)OCO4)C[C@@]21C. The second kappa shape index (κ2) is 9.66. The summed E-state index contributed by atoms with van der Waals surface area (Å²) < 4.78 is 11.4. The number of ketones is 1. The van der Waals surface area contributed by atoms with Crippen molar-refractivity contribution in [3.05, 3.63) is 46.6 Å². The van der Waals surface area contributed by atoms with Crippen LogP contribution in [0.3, 0.4) is 0 Å². The van der Waals surface area contributed by atoms with Crippen LogP contribution in [0.15, 0.2) is 41.0 Å². The van der Waals surface area contributed by atoms with Gasteiger partial charge in [-0.2, -0.15) is 0 Å². The molecule has 0 radical (unpaired) electrons. The summed E-state index contributed by atoms with van der Waals surface area (Å²) in [6.07, 6.45) is 13.7. The molecule has 5 aliphatic rings. The fourth-order valence-corrected chi connectivity index (χ4v) is 8.15. The number of aliphatic hydroxyl groups is 1. The Morgan fingerprint density at radius 2 is 1.95 bits per heavy atom. The molecule has 1 N–H and O–H groups in total. The predicted molar refractivity (Wildman–Crippen MR) is 144 cm³/mol. The number of hydrogen-bond donors (Lipinski definition) is 1. The molecule has 0 unspecified atom stereocenters. The third-order valence-corrected chi connectivity index (χ3v) is 10.1. The average Bonchev–Trinajstić information content (AvgIpc) is 3.47. The fraction of sp³-hybridized carbons (Fsp3) is 0.606. The van der Waals surface area contributed by atoms with Crippen molar-refractivity contribution in [2.75, 3.05) is 6.79 Å². The molecule has 1 aromatic rings. The minimum atomic E-state index is -0.953. The van der Waals surface area contributed by atoms with Crippen LogP contribution in [0.4, 0.5) is 0 Å². The van der Waals surface area contributed by atoms with E-state index in [1.54, 1.807) is 0 Å². The minimum absolute atomic E-state index is 0.184. The molecule has 2 fully saturated rings. The van der Waals surface area contributed by atoms with Crippen LogP contribution in [0.1, 0.15) is 102 Å². The van der Waals surface area contributed by atoms with Gasteiger partial charge in [-0.3, -0.25) is 4.79 Å². The highest BCUT2D eigenvalue weighted by molar-refractivity contribution is 5.93. The Morgan fingerprint density at radius 1 is 1.08 bits per heavy atom. The zero-order valence-corrected chi connectivity index (χ0v) is 22.4. The molecular formula is C33H40O4. The molecule has 1 aliphatic heterocycles. The Labute approximate surface area is 221 Å². The lowest BCUT2D eigenvalue weighted by Gasteiger charge is -2.53. The third kappa shape index (κ3) is 4.15. The molecule has 2 saturated carbocycles. The topological polar surface area (TPSA) is 55.8 Å². The first kappa shape index (κ1) is 24.8. The maximum absolute atomic E-state index is 12.3. The molecule has 0 bridgehead atoms. The van der Waals surface area contributed by atoms with Gasteiger partial charge < -0.3 is 14.6 Å². The van der Waals surface area contributed by atoms with Crippen molar-refractivity contribution in [2.24, 2.45) is 17.3 Å². The highest BCUT2D eigenvalue weighted by atomic mass is 16.7. The first-order valence-electron chi connectivity index (χ1n) is 14.5. The zero-order chi connectivity index (χ0) is 25.6. The highest BCUT2D eigenvalue weighted by Gasteiger charge is 2.62. The molecule has 4 aliphatic carbocycles. The maximum atomic E-state index is 12.3. The summed E-state index contributed by atoms with van der Waals surface area (Å²) >= 11 is 0. The van der Waals surface area contributed by atoms with Crippen LogP contribution < -0.4 is 9.47 Å². The van der Waals surface area contributed by atoms with Crippen LogP contribution in [0.2, 0.25) is 0 Å². The number of allylic oxidation sites excluding steroid dienone is 4. The number of hydrogen-bond acceptors (Lipinski definition) is 4. The molecule has 1 heterocycles. The van der Waals surface area contributed by atoms with E-state index < -0.39 is 5.60 Å². The number of fused-ring (bicyclic) bond motifs is 5. The Balaban J connectivity index is 1.40. The van der Waals surface area contributed by atoms with Crippen molar-refractivity contribution < 1.29 is 19.4 Å². The van der Waals surface area contributed by atoms with Crippen LogP contribution in [0.5, 0.6) is 11.5 Å². The number of unbranched alkanes of at least 4 members (excludes halogenated alkanes) is 4. The summed E-state index contributed by atoms with van der Waals surface area (Å²) in [5.74, 6) is 9.74. The molecular weight excluding hydrogens is 460 g/mol. The summed E-state index contributed by atoms with van der Waals surface area (Å²) in [6.45, 7) is 4.81. The van der Waals surface area contributed by atoms with Gasteiger partial charge in [0.2, 0.25) is 6.79 Å². The van der Waals surface area contributed by atoms with Gasteiger partial charge in [0.25, 0.3) is 0 Å². The minimum Gasteiger partial charge on any atom is -0.454 e. The van der Waals surface area contributed by atoms with Gasteiger partial charge >= 0.3 is 0 Å². The first-order valence-corrected chi connectivity index (χ1v) is 14.5. The normalized spacial score (nSPS) is 33.8. The van der Waals surface area contributed by atoms with Gasteiger partial charge in [-0.1, -0.05) is 50.7 Å². The summed E-state index contributed by atoms with van der Waals surface area (Å²) in [5.41, 5.74) is 4.23. The molecule has 4 nitrogen and oxygen atoms in total. The predicted octanol–water partition coefficient (Wildman–Crippen LogP) is 7.02. The molecule has 4 heteroatoms. The van der Waals surface area contributed by atoms with E-state index in [1.165, 1.54) is 41.5 Å². The number of ether oxygens (including phenoxy) is 2. The Morgan fingerprint density at radius 3 is 2.81 bits per heavy atom. The van der Waals surface area contributed by atoms with Gasteiger partial charge in [0.1, 0.15) is 5.60 Å². The smallest absolute Gasteiger partial charge is 0.231 e. The Kier molecular flexibility index (Phi) is 6.48. The second-order valence-electron chi connectivity index (χ2n) is 12.1. The Bertz CT molecular complexity index is 1210. The van der Waals surface area contributed by atoms with E-state index in [0.29, 0.717) is 18.3 Å². The lowest BCUT2D eigenvalue weighted by atomic mass is 9.51. The average molecular weight is 501 g/mol. The van der Waals surface area contributed by atoms with Gasteiger partial charge in [-0.05, 0) is 91.7 Å². The van der Waals surface area contributed by atoms with Crippen molar-refractivity contribution in [3.63, 3.8) is 0 Å². The van der Waals surface area contributed by atoms with E-state index in [4.69, 9.17) is 9.47 Å². The highest BCUT2D eigenvalue weighted by Crippen LogP contribution is 2.66. The van der Waals surface area contributed by atoms with E-state index in [-0.39, 0.29) is 23.9 Å². The fourth-order valence-electron chi connectivity index (χ4n) is 8.15. The second-order valence-corrected chi connectivity index (χ2v) is 12.1. The number of carbonyl (C=O) groups is 1. The van der Waals surface area contributed by atoms with Crippen LogP contribution in [-0.2, 0) is 4.79 Å². The number of rotatable bonds is 5. The van der Waals surface area contributed by atoms with Crippen molar-refractivity contribution >= 4 is 5.78 Å². The standard InChI is InChI=1S/C33H40O4/c1-3-4-5-6-7-8-16-33(35)17-15-28-26-12-9-22-18-24(34)11-13-25(22)31(26)27(20-32(28,33)2)23-10-14-29-30(19-23)37-21-36-29/h10,14,18-19,26-28,35H,3-7,9,11-13,15,17,20-21H2,1-2H3/t26-,27+,28-,32-,33+/m0/s1. The molecule has 0 spiro atoms. The lowest BCUT2D eigenvalue weighted by Crippen LogP contribution is -2.51. The summed E-state index contributed by atoms with van der Waals surface area (Å²) in [7, 11) is 0. The van der Waals surface area contributed by atoms with Crippen molar-refractivity contribution in [3.8, 4) is 23.3 Å². The van der Waals surface area contributed by atoms with Gasteiger partial charge in [0, 0.05) is 24.2 Å². The monoisotopic (exact) mass is 500 g/mol. The van der Waals surface area contributed by atoms with Crippen molar-refractivity contribution in [1.82, 2.24) is 0 Å². The Hall–Kier alpha value is -2.51. The zero-order valence-electron chi connectivity index (χ0n) is 22.4. The summed E-state index contributed by atoms with van der Waals surface area (Å²) in [4.78, 5) is 12.3. The van der Waals surface area contributed by atoms with Crippen LogP contribution in [-0.4, -0.2) is 23.3 Å². The number of carbonyl (C=O) groups excluding carboxylic acids is 1. The third-order valence-electron chi connectivity index (χ3n) is 10.1. The maximum Gasteiger partial charge on any atom is 0.231 e. The van der Waals surface area contributed by atoms with Crippen LogP contribution >= 0.6 is 0 Å². The van der Waals surface area contributed by atoms with Gasteiger partial charge in [0.15, 0.2) is 17.3 Å². The summed E-state index contributed by atoms with van der Waals surface area (Å²) in [6, 6.07) is 6.37. The molecule has 0 saturated heterocycles. The van der Waals surface area contributed by atoms with Crippen molar-refractivity contribution in [1.29, 1.82) is 0 Å². The van der Waals surface area contributed by atoms with Gasteiger partial charge in [0.05, 0.1) is 0 Å². The van der Waals surface area contributed by atoms with E-state index in [0.717, 1.165) is 62.9 Å². The van der Waals surface area contributed by atoms with Gasteiger partial charge in [-0.25, -0.2) is 0 Å². The van der Waals surface area contributed by atoms with Gasteiger partial charge in [-0.15, -0.1) is 5.92 Å². The van der Waals surface area contributed by atoms with E-state index in [9.17, 15) is 9.90 Å². The van der Waals surface area contributed by atoms with E-state index in [2.05, 4.69) is 37.8 Å². The van der Waals surface area contributed by atoms with E-state index >= 15 is 0 Å². The summed E-state index contributed by atoms with van der Waals surface area (Å²) in [5, 5.41) is 12.1. The molecule has 6 rings (SSSR count). The molecule has 37 heavy (non-hydrogen) atoms. The first-order chi connectivity index (χ1) is 17.9. The molecule has 0 amide bonds. The molecule has 0 aromatic heterocycles.